The number of sulfone groups is 1. The molecule has 0 aliphatic rings. The minimum absolute atomic E-state index is 0.0437. The predicted molar refractivity (Wildman–Crippen MR) is 61.1 cm³/mol. The molecular formula is C10H12F3NO3S. The number of alkyl halides is 3. The number of hydrogen-bond acceptors (Lipinski definition) is 4. The summed E-state index contributed by atoms with van der Waals surface area (Å²) in [7, 11) is -3.28. The molecule has 0 spiro atoms. The molecule has 0 saturated carbocycles. The van der Waals surface area contributed by atoms with Gasteiger partial charge in [-0.3, -0.25) is 0 Å². The van der Waals surface area contributed by atoms with Crippen LogP contribution >= 0.6 is 0 Å². The van der Waals surface area contributed by atoms with Gasteiger partial charge in [-0.05, 0) is 18.2 Å². The molecule has 102 valence electrons. The van der Waals surface area contributed by atoms with Gasteiger partial charge in [-0.25, -0.2) is 8.42 Å². The Kier molecular flexibility index (Phi) is 4.10. The first-order valence-corrected chi connectivity index (χ1v) is 6.93. The van der Waals surface area contributed by atoms with E-state index < -0.39 is 27.3 Å². The Hall–Kier alpha value is -1.44. The summed E-state index contributed by atoms with van der Waals surface area (Å²) in [5.41, 5.74) is 4.21. The molecule has 0 fully saturated rings. The molecule has 0 aliphatic heterocycles. The van der Waals surface area contributed by atoms with Crippen LogP contribution < -0.4 is 10.5 Å². The second-order valence-electron chi connectivity index (χ2n) is 3.73. The molecule has 1 aromatic carbocycles. The zero-order valence-corrected chi connectivity index (χ0v) is 10.3. The first kappa shape index (κ1) is 14.6. The van der Waals surface area contributed by atoms with Gasteiger partial charge in [-0.2, -0.15) is 13.2 Å². The number of rotatable bonds is 4. The maximum Gasteiger partial charge on any atom is 0.420 e. The van der Waals surface area contributed by atoms with E-state index in [1.807, 2.05) is 0 Å². The quantitative estimate of drug-likeness (QED) is 0.854. The fourth-order valence-electron chi connectivity index (χ4n) is 1.20. The van der Waals surface area contributed by atoms with Gasteiger partial charge in [0.15, 0.2) is 9.84 Å². The third-order valence-corrected chi connectivity index (χ3v) is 2.93. The highest BCUT2D eigenvalue weighted by Crippen LogP contribution is 2.37. The van der Waals surface area contributed by atoms with Crippen molar-refractivity contribution in [3.05, 3.63) is 23.8 Å². The predicted octanol–water partition coefficient (Wildman–Crippen LogP) is 1.71. The van der Waals surface area contributed by atoms with Gasteiger partial charge in [0.1, 0.15) is 12.4 Å². The Morgan fingerprint density at radius 3 is 2.44 bits per heavy atom. The van der Waals surface area contributed by atoms with Crippen LogP contribution in [0.2, 0.25) is 0 Å². The monoisotopic (exact) mass is 283 g/mol. The van der Waals surface area contributed by atoms with Crippen molar-refractivity contribution in [2.45, 2.75) is 6.18 Å². The molecular weight excluding hydrogens is 271 g/mol. The van der Waals surface area contributed by atoms with Crippen molar-refractivity contribution >= 4 is 15.5 Å². The van der Waals surface area contributed by atoms with Crippen molar-refractivity contribution in [1.82, 2.24) is 0 Å². The third kappa shape index (κ3) is 4.44. The molecule has 18 heavy (non-hydrogen) atoms. The number of nitrogens with two attached hydrogens (primary N) is 1. The minimum atomic E-state index is -4.60. The van der Waals surface area contributed by atoms with E-state index in [2.05, 4.69) is 0 Å². The second kappa shape index (κ2) is 5.05. The lowest BCUT2D eigenvalue weighted by Crippen LogP contribution is -2.15. The summed E-state index contributed by atoms with van der Waals surface area (Å²) in [4.78, 5) is 0. The van der Waals surface area contributed by atoms with Gasteiger partial charge in [-0.1, -0.05) is 0 Å². The molecule has 0 radical (unpaired) electrons. The first-order valence-electron chi connectivity index (χ1n) is 4.87. The summed E-state index contributed by atoms with van der Waals surface area (Å²) in [6.07, 6.45) is -3.63. The van der Waals surface area contributed by atoms with Crippen molar-refractivity contribution in [2.75, 3.05) is 24.3 Å². The van der Waals surface area contributed by atoms with Crippen LogP contribution in [0.1, 0.15) is 5.56 Å². The molecule has 0 aliphatic carbocycles. The second-order valence-corrected chi connectivity index (χ2v) is 5.99. The van der Waals surface area contributed by atoms with Gasteiger partial charge < -0.3 is 10.5 Å². The van der Waals surface area contributed by atoms with Crippen LogP contribution in [0.5, 0.6) is 5.75 Å². The van der Waals surface area contributed by atoms with E-state index >= 15 is 0 Å². The van der Waals surface area contributed by atoms with Gasteiger partial charge in [0.25, 0.3) is 0 Å². The van der Waals surface area contributed by atoms with E-state index in [9.17, 15) is 21.6 Å². The van der Waals surface area contributed by atoms with E-state index in [1.54, 1.807) is 0 Å². The molecule has 0 unspecified atom stereocenters. The van der Waals surface area contributed by atoms with Gasteiger partial charge in [-0.15, -0.1) is 0 Å². The summed E-state index contributed by atoms with van der Waals surface area (Å²) in [5.74, 6) is -0.783. The maximum atomic E-state index is 12.6. The summed E-state index contributed by atoms with van der Waals surface area (Å²) < 4.78 is 64.4. The number of halogens is 3. The Morgan fingerprint density at radius 1 is 1.33 bits per heavy atom. The Balaban J connectivity index is 2.89. The van der Waals surface area contributed by atoms with Crippen molar-refractivity contribution in [2.24, 2.45) is 0 Å². The number of nitrogen functional groups attached to an aromatic ring is 1. The van der Waals surface area contributed by atoms with Crippen molar-refractivity contribution in [3.63, 3.8) is 0 Å². The van der Waals surface area contributed by atoms with Gasteiger partial charge in [0.2, 0.25) is 0 Å². The molecule has 0 saturated heterocycles. The molecule has 8 heteroatoms. The summed E-state index contributed by atoms with van der Waals surface area (Å²) in [6, 6.07) is 3.07. The number of benzene rings is 1. The van der Waals surface area contributed by atoms with E-state index in [0.29, 0.717) is 0 Å². The van der Waals surface area contributed by atoms with Crippen LogP contribution in [-0.4, -0.2) is 27.0 Å². The zero-order valence-electron chi connectivity index (χ0n) is 9.49. The molecule has 0 amide bonds. The summed E-state index contributed by atoms with van der Waals surface area (Å²) >= 11 is 0. The van der Waals surface area contributed by atoms with Crippen molar-refractivity contribution in [3.8, 4) is 5.75 Å². The van der Waals surface area contributed by atoms with E-state index in [-0.39, 0.29) is 18.0 Å². The number of ether oxygens (including phenoxy) is 1. The fourth-order valence-corrected chi connectivity index (χ4v) is 1.58. The lowest BCUT2D eigenvalue weighted by molar-refractivity contribution is -0.138. The van der Waals surface area contributed by atoms with Gasteiger partial charge >= 0.3 is 6.18 Å². The van der Waals surface area contributed by atoms with Gasteiger partial charge in [0.05, 0.1) is 11.3 Å². The maximum absolute atomic E-state index is 12.6. The summed E-state index contributed by atoms with van der Waals surface area (Å²) in [5, 5.41) is 0. The largest absolute Gasteiger partial charge is 0.492 e. The molecule has 1 aromatic rings. The molecule has 1 rings (SSSR count). The zero-order chi connectivity index (χ0) is 14.0. The van der Waals surface area contributed by atoms with Crippen LogP contribution in [0, 0.1) is 0 Å². The van der Waals surface area contributed by atoms with Crippen LogP contribution in [0.3, 0.4) is 0 Å². The topological polar surface area (TPSA) is 69.4 Å². The van der Waals surface area contributed by atoms with Crippen LogP contribution in [0.25, 0.3) is 0 Å². The molecule has 0 atom stereocenters. The first-order chi connectivity index (χ1) is 8.09. The minimum Gasteiger partial charge on any atom is -0.492 e. The Labute approximate surface area is 102 Å². The molecule has 0 bridgehead atoms. The van der Waals surface area contributed by atoms with Gasteiger partial charge in [0, 0.05) is 11.9 Å². The normalized spacial score (nSPS) is 12.4. The molecule has 0 heterocycles. The molecule has 0 aromatic heterocycles. The Morgan fingerprint density at radius 2 is 1.94 bits per heavy atom. The van der Waals surface area contributed by atoms with Crippen LogP contribution in [0.4, 0.5) is 18.9 Å². The molecule has 2 N–H and O–H groups in total. The van der Waals surface area contributed by atoms with E-state index in [0.717, 1.165) is 18.4 Å². The van der Waals surface area contributed by atoms with Crippen LogP contribution in [-0.2, 0) is 16.0 Å². The highest BCUT2D eigenvalue weighted by molar-refractivity contribution is 7.90. The number of hydrogen-bond donors (Lipinski definition) is 1. The average Bonchev–Trinajstić information content (AvgIpc) is 2.17. The third-order valence-electron chi connectivity index (χ3n) is 2.02. The standard InChI is InChI=1S/C10H12F3NO3S/c1-18(15,16)5-4-17-9-3-2-7(14)6-8(9)10(11,12)13/h2-3,6H,4-5,14H2,1H3. The van der Waals surface area contributed by atoms with E-state index in [4.69, 9.17) is 10.5 Å². The number of anilines is 1. The summed E-state index contributed by atoms with van der Waals surface area (Å²) in [6.45, 7) is -0.341. The van der Waals surface area contributed by atoms with Crippen molar-refractivity contribution in [1.29, 1.82) is 0 Å². The van der Waals surface area contributed by atoms with Crippen molar-refractivity contribution < 1.29 is 26.3 Å². The molecule has 4 nitrogen and oxygen atoms in total. The fraction of sp³-hybridized carbons (Fsp3) is 0.400. The lowest BCUT2D eigenvalue weighted by atomic mass is 10.1. The van der Waals surface area contributed by atoms with Crippen LogP contribution in [0.15, 0.2) is 18.2 Å². The SMILES string of the molecule is CS(=O)(=O)CCOc1ccc(N)cc1C(F)(F)F. The Bertz CT molecular complexity index is 526. The highest BCUT2D eigenvalue weighted by Gasteiger charge is 2.34. The van der Waals surface area contributed by atoms with E-state index in [1.165, 1.54) is 6.07 Å². The average molecular weight is 283 g/mol. The smallest absolute Gasteiger partial charge is 0.420 e. The highest BCUT2D eigenvalue weighted by atomic mass is 32.2. The lowest BCUT2D eigenvalue weighted by Gasteiger charge is -2.14.